The maximum atomic E-state index is 10.6. The highest BCUT2D eigenvalue weighted by atomic mass is 16.4. The Morgan fingerprint density at radius 3 is 2.88 bits per heavy atom. The number of pyridine rings is 1. The zero-order chi connectivity index (χ0) is 11.4. The number of nitrogens with zero attached hydrogens (tertiary/aromatic N) is 1. The van der Waals surface area contributed by atoms with E-state index >= 15 is 0 Å². The Morgan fingerprint density at radius 2 is 2.31 bits per heavy atom. The number of hydrogen-bond donors (Lipinski definition) is 2. The van der Waals surface area contributed by atoms with Crippen molar-refractivity contribution in [3.05, 3.63) is 24.0 Å². The maximum absolute atomic E-state index is 10.6. The van der Waals surface area contributed by atoms with Crippen molar-refractivity contribution in [2.24, 2.45) is 5.92 Å². The molecule has 16 heavy (non-hydrogen) atoms. The van der Waals surface area contributed by atoms with Gasteiger partial charge in [-0.1, -0.05) is 12.8 Å². The normalized spacial score (nSPS) is 14.8. The second-order valence-corrected chi connectivity index (χ2v) is 4.25. The number of carboxylic acid groups (broad SMARTS) is 1. The lowest BCUT2D eigenvalue weighted by Gasteiger charge is -2.05. The molecule has 86 valence electrons. The molecule has 4 nitrogen and oxygen atoms in total. The first-order valence-corrected chi connectivity index (χ1v) is 5.69. The number of rotatable bonds is 6. The zero-order valence-corrected chi connectivity index (χ0v) is 9.15. The van der Waals surface area contributed by atoms with Crippen molar-refractivity contribution < 1.29 is 9.90 Å². The highest BCUT2D eigenvalue weighted by Gasteiger charge is 2.19. The average molecular weight is 220 g/mol. The Kier molecular flexibility index (Phi) is 3.39. The summed E-state index contributed by atoms with van der Waals surface area (Å²) in [5, 5.41) is 11.9. The number of hydrogen-bond acceptors (Lipinski definition) is 3. The molecule has 1 saturated carbocycles. The van der Waals surface area contributed by atoms with E-state index in [1.54, 1.807) is 12.3 Å². The molecule has 1 aliphatic carbocycles. The van der Waals surface area contributed by atoms with Gasteiger partial charge in [-0.05, 0) is 30.9 Å². The number of nitrogens with one attached hydrogen (secondary N) is 1. The summed E-state index contributed by atoms with van der Waals surface area (Å²) in [6.45, 7) is 0.935. The number of carbonyl (C=O) groups is 1. The summed E-state index contributed by atoms with van der Waals surface area (Å²) in [5.74, 6) is -0.0189. The first-order valence-electron chi connectivity index (χ1n) is 5.69. The Bertz CT molecular complexity index is 358. The molecule has 4 heteroatoms. The molecule has 0 aliphatic heterocycles. The summed E-state index contributed by atoms with van der Waals surface area (Å²) in [7, 11) is 0. The summed E-state index contributed by atoms with van der Waals surface area (Å²) in [6.07, 6.45) is 6.84. The number of anilines is 1. The van der Waals surface area contributed by atoms with E-state index in [1.807, 2.05) is 0 Å². The van der Waals surface area contributed by atoms with Crippen molar-refractivity contribution in [2.75, 3.05) is 11.9 Å². The molecule has 0 unspecified atom stereocenters. The molecule has 0 amide bonds. The molecule has 0 bridgehead atoms. The fraction of sp³-hybridized carbons (Fsp3) is 0.500. The van der Waals surface area contributed by atoms with Crippen LogP contribution in [0.15, 0.2) is 18.3 Å². The molecule has 0 radical (unpaired) electrons. The van der Waals surface area contributed by atoms with E-state index in [1.165, 1.54) is 31.7 Å². The minimum absolute atomic E-state index is 0.0866. The van der Waals surface area contributed by atoms with Gasteiger partial charge in [0.1, 0.15) is 5.69 Å². The SMILES string of the molecule is O=C(O)c1ccc(NCCCC2CC2)cn1. The monoisotopic (exact) mass is 220 g/mol. The molecular formula is C12H16N2O2. The summed E-state index contributed by atoms with van der Waals surface area (Å²) < 4.78 is 0. The molecule has 1 aliphatic rings. The molecular weight excluding hydrogens is 204 g/mol. The van der Waals surface area contributed by atoms with Gasteiger partial charge in [-0.2, -0.15) is 0 Å². The highest BCUT2D eigenvalue weighted by Crippen LogP contribution is 2.33. The topological polar surface area (TPSA) is 62.2 Å². The van der Waals surface area contributed by atoms with Crippen LogP contribution in [-0.2, 0) is 0 Å². The Morgan fingerprint density at radius 1 is 1.50 bits per heavy atom. The van der Waals surface area contributed by atoms with Gasteiger partial charge in [0.2, 0.25) is 0 Å². The third-order valence-corrected chi connectivity index (χ3v) is 2.80. The third kappa shape index (κ3) is 3.22. The third-order valence-electron chi connectivity index (χ3n) is 2.80. The lowest BCUT2D eigenvalue weighted by molar-refractivity contribution is 0.0690. The van der Waals surface area contributed by atoms with Crippen LogP contribution in [0.25, 0.3) is 0 Å². The van der Waals surface area contributed by atoms with Crippen LogP contribution < -0.4 is 5.32 Å². The van der Waals surface area contributed by atoms with Crippen LogP contribution in [0, 0.1) is 5.92 Å². The van der Waals surface area contributed by atoms with Gasteiger partial charge in [-0.15, -0.1) is 0 Å². The predicted molar refractivity (Wildman–Crippen MR) is 61.6 cm³/mol. The lowest BCUT2D eigenvalue weighted by Crippen LogP contribution is -2.04. The van der Waals surface area contributed by atoms with Gasteiger partial charge in [0.25, 0.3) is 0 Å². The van der Waals surface area contributed by atoms with Gasteiger partial charge >= 0.3 is 5.97 Å². The summed E-state index contributed by atoms with van der Waals surface area (Å²) in [5.41, 5.74) is 0.976. The summed E-state index contributed by atoms with van der Waals surface area (Å²) >= 11 is 0. The molecule has 2 rings (SSSR count). The van der Waals surface area contributed by atoms with Gasteiger partial charge in [-0.3, -0.25) is 0 Å². The molecule has 1 aromatic heterocycles. The molecule has 0 aromatic carbocycles. The van der Waals surface area contributed by atoms with Crippen LogP contribution in [0.4, 0.5) is 5.69 Å². The lowest BCUT2D eigenvalue weighted by atomic mass is 10.2. The van der Waals surface area contributed by atoms with Crippen LogP contribution in [-0.4, -0.2) is 22.6 Å². The Balaban J connectivity index is 1.73. The van der Waals surface area contributed by atoms with Gasteiger partial charge in [0.15, 0.2) is 0 Å². The maximum Gasteiger partial charge on any atom is 0.354 e. The number of aromatic nitrogens is 1. The van der Waals surface area contributed by atoms with Crippen LogP contribution in [0.3, 0.4) is 0 Å². The van der Waals surface area contributed by atoms with Gasteiger partial charge < -0.3 is 10.4 Å². The van der Waals surface area contributed by atoms with Crippen LogP contribution >= 0.6 is 0 Å². The van der Waals surface area contributed by atoms with E-state index in [0.717, 1.165) is 18.2 Å². The van der Waals surface area contributed by atoms with Crippen molar-refractivity contribution in [3.63, 3.8) is 0 Å². The van der Waals surface area contributed by atoms with Crippen LogP contribution in [0.5, 0.6) is 0 Å². The van der Waals surface area contributed by atoms with Crippen LogP contribution in [0.2, 0.25) is 0 Å². The highest BCUT2D eigenvalue weighted by molar-refractivity contribution is 5.85. The molecule has 1 fully saturated rings. The fourth-order valence-corrected chi connectivity index (χ4v) is 1.65. The largest absolute Gasteiger partial charge is 0.477 e. The zero-order valence-electron chi connectivity index (χ0n) is 9.15. The summed E-state index contributed by atoms with van der Waals surface area (Å²) in [6, 6.07) is 3.28. The summed E-state index contributed by atoms with van der Waals surface area (Å²) in [4.78, 5) is 14.4. The second-order valence-electron chi connectivity index (χ2n) is 4.25. The standard InChI is InChI=1S/C12H16N2O2/c15-12(16)11-6-5-10(8-14-11)13-7-1-2-9-3-4-9/h5-6,8-9,13H,1-4,7H2,(H,15,16). The van der Waals surface area contributed by atoms with Crippen molar-refractivity contribution >= 4 is 11.7 Å². The number of carboxylic acids is 1. The van der Waals surface area contributed by atoms with E-state index in [2.05, 4.69) is 10.3 Å². The van der Waals surface area contributed by atoms with Crippen molar-refractivity contribution in [1.82, 2.24) is 4.98 Å². The van der Waals surface area contributed by atoms with E-state index in [0.29, 0.717) is 0 Å². The number of aromatic carboxylic acids is 1. The molecule has 0 saturated heterocycles. The minimum Gasteiger partial charge on any atom is -0.477 e. The average Bonchev–Trinajstić information content (AvgIpc) is 3.09. The molecule has 0 spiro atoms. The molecule has 2 N–H and O–H groups in total. The first kappa shape index (κ1) is 10.9. The van der Waals surface area contributed by atoms with E-state index < -0.39 is 5.97 Å². The fourth-order valence-electron chi connectivity index (χ4n) is 1.65. The first-order chi connectivity index (χ1) is 7.75. The Hall–Kier alpha value is -1.58. The van der Waals surface area contributed by atoms with E-state index in [-0.39, 0.29) is 5.69 Å². The van der Waals surface area contributed by atoms with Gasteiger partial charge in [0, 0.05) is 6.54 Å². The van der Waals surface area contributed by atoms with Crippen molar-refractivity contribution in [1.29, 1.82) is 0 Å². The molecule has 0 atom stereocenters. The Labute approximate surface area is 94.7 Å². The van der Waals surface area contributed by atoms with Gasteiger partial charge in [0.05, 0.1) is 11.9 Å². The molecule has 1 aromatic rings. The smallest absolute Gasteiger partial charge is 0.354 e. The quantitative estimate of drug-likeness (QED) is 0.722. The second kappa shape index (κ2) is 4.96. The van der Waals surface area contributed by atoms with E-state index in [9.17, 15) is 4.79 Å². The molecule has 1 heterocycles. The van der Waals surface area contributed by atoms with Crippen LogP contribution in [0.1, 0.15) is 36.2 Å². The van der Waals surface area contributed by atoms with Crippen molar-refractivity contribution in [3.8, 4) is 0 Å². The minimum atomic E-state index is -0.986. The van der Waals surface area contributed by atoms with Gasteiger partial charge in [-0.25, -0.2) is 9.78 Å². The van der Waals surface area contributed by atoms with Crippen molar-refractivity contribution in [2.45, 2.75) is 25.7 Å². The van der Waals surface area contributed by atoms with E-state index in [4.69, 9.17) is 5.11 Å². The predicted octanol–water partition coefficient (Wildman–Crippen LogP) is 2.38.